The summed E-state index contributed by atoms with van der Waals surface area (Å²) in [5.41, 5.74) is 0. The predicted molar refractivity (Wildman–Crippen MR) is 78.6 cm³/mol. The molecule has 1 fully saturated rings. The maximum atomic E-state index is 12.0. The molecule has 2 atom stereocenters. The summed E-state index contributed by atoms with van der Waals surface area (Å²) in [6.45, 7) is 2.17. The highest BCUT2D eigenvalue weighted by Crippen LogP contribution is 2.30. The van der Waals surface area contributed by atoms with Crippen LogP contribution in [0.25, 0.3) is 0 Å². The Morgan fingerprint density at radius 3 is 3.12 bits per heavy atom. The van der Waals surface area contributed by atoms with Crippen molar-refractivity contribution in [2.75, 3.05) is 5.75 Å². The minimum Gasteiger partial charge on any atom is -0.347 e. The van der Waals surface area contributed by atoms with Gasteiger partial charge < -0.3 is 5.32 Å². The maximum absolute atomic E-state index is 12.0. The summed E-state index contributed by atoms with van der Waals surface area (Å²) in [5, 5.41) is 5.65. The van der Waals surface area contributed by atoms with Gasteiger partial charge in [0.25, 0.3) is 5.91 Å². The van der Waals surface area contributed by atoms with Gasteiger partial charge in [0.2, 0.25) is 0 Å². The van der Waals surface area contributed by atoms with Crippen molar-refractivity contribution < 1.29 is 4.79 Å². The lowest BCUT2D eigenvalue weighted by atomic mass is 10.2. The Hall–Kier alpha value is -0.130. The van der Waals surface area contributed by atoms with Crippen LogP contribution in [0.3, 0.4) is 0 Å². The van der Waals surface area contributed by atoms with Crippen molar-refractivity contribution in [1.82, 2.24) is 5.32 Å². The van der Waals surface area contributed by atoms with E-state index in [9.17, 15) is 4.79 Å². The first kappa shape index (κ1) is 13.3. The van der Waals surface area contributed by atoms with Gasteiger partial charge >= 0.3 is 0 Å². The summed E-state index contributed by atoms with van der Waals surface area (Å²) in [7, 11) is 0. The van der Waals surface area contributed by atoms with Crippen LogP contribution >= 0.6 is 35.7 Å². The first-order chi connectivity index (χ1) is 8.20. The van der Waals surface area contributed by atoms with E-state index in [1.54, 1.807) is 0 Å². The molecule has 1 aliphatic rings. The van der Waals surface area contributed by atoms with Gasteiger partial charge in [-0.25, -0.2) is 0 Å². The standard InChI is InChI=1S/C12H17NOS3/c1-2-16-10-5-3-4-9(10)13-12(14)11-6-8(15)7-17-11/h6-7,9-10,15H,2-5H2,1H3,(H,13,14). The SMILES string of the molecule is CCSC1CCCC1NC(=O)c1cc(S)cs1. The highest BCUT2D eigenvalue weighted by atomic mass is 32.2. The Bertz CT molecular complexity index is 391. The molecule has 1 aromatic heterocycles. The fraction of sp³-hybridized carbons (Fsp3) is 0.583. The number of thiol groups is 1. The van der Waals surface area contributed by atoms with Gasteiger partial charge in [0.15, 0.2) is 0 Å². The predicted octanol–water partition coefficient (Wildman–Crippen LogP) is 3.44. The van der Waals surface area contributed by atoms with Crippen molar-refractivity contribution in [3.8, 4) is 0 Å². The third-order valence-corrected chi connectivity index (χ3v) is 5.65. The highest BCUT2D eigenvalue weighted by molar-refractivity contribution is 7.99. The van der Waals surface area contributed by atoms with Crippen LogP contribution in [0.1, 0.15) is 35.9 Å². The molecule has 17 heavy (non-hydrogen) atoms. The lowest BCUT2D eigenvalue weighted by Gasteiger charge is -2.19. The van der Waals surface area contributed by atoms with Gasteiger partial charge in [-0.1, -0.05) is 13.3 Å². The fourth-order valence-corrected chi connectivity index (χ4v) is 4.44. The molecular weight excluding hydrogens is 270 g/mol. The summed E-state index contributed by atoms with van der Waals surface area (Å²) in [5.74, 6) is 1.18. The number of thioether (sulfide) groups is 1. The Labute approximate surface area is 116 Å². The van der Waals surface area contributed by atoms with E-state index >= 15 is 0 Å². The average molecular weight is 287 g/mol. The van der Waals surface area contributed by atoms with Gasteiger partial charge in [0.1, 0.15) is 0 Å². The lowest BCUT2D eigenvalue weighted by Crippen LogP contribution is -2.38. The molecule has 1 aliphatic carbocycles. The second kappa shape index (κ2) is 6.16. The first-order valence-electron chi connectivity index (χ1n) is 5.90. The van der Waals surface area contributed by atoms with E-state index in [0.717, 1.165) is 21.9 Å². The quantitative estimate of drug-likeness (QED) is 0.831. The van der Waals surface area contributed by atoms with E-state index in [-0.39, 0.29) is 5.91 Å². The molecule has 5 heteroatoms. The van der Waals surface area contributed by atoms with Gasteiger partial charge in [0, 0.05) is 21.6 Å². The zero-order valence-electron chi connectivity index (χ0n) is 9.81. The van der Waals surface area contributed by atoms with Crippen LogP contribution in [0.4, 0.5) is 0 Å². The minimum absolute atomic E-state index is 0.0592. The highest BCUT2D eigenvalue weighted by Gasteiger charge is 2.28. The second-order valence-electron chi connectivity index (χ2n) is 4.17. The summed E-state index contributed by atoms with van der Waals surface area (Å²) >= 11 is 7.65. The van der Waals surface area contributed by atoms with Gasteiger partial charge in [-0.2, -0.15) is 11.8 Å². The van der Waals surface area contributed by atoms with E-state index in [4.69, 9.17) is 0 Å². The van der Waals surface area contributed by atoms with Gasteiger partial charge in [-0.05, 0) is 24.7 Å². The number of carbonyl (C=O) groups is 1. The molecule has 1 aromatic rings. The summed E-state index contributed by atoms with van der Waals surface area (Å²) in [6.07, 6.45) is 3.57. The van der Waals surface area contributed by atoms with Crippen LogP contribution in [-0.2, 0) is 0 Å². The molecule has 1 N–H and O–H groups in total. The molecule has 0 saturated heterocycles. The largest absolute Gasteiger partial charge is 0.347 e. The smallest absolute Gasteiger partial charge is 0.261 e. The molecular formula is C12H17NOS3. The monoisotopic (exact) mass is 287 g/mol. The van der Waals surface area contributed by atoms with Crippen molar-refractivity contribution in [3.05, 3.63) is 16.3 Å². The van der Waals surface area contributed by atoms with Crippen LogP contribution in [0.2, 0.25) is 0 Å². The lowest BCUT2D eigenvalue weighted by molar-refractivity contribution is 0.0942. The van der Waals surface area contributed by atoms with Crippen molar-refractivity contribution in [2.45, 2.75) is 42.4 Å². The van der Waals surface area contributed by atoms with Crippen molar-refractivity contribution >= 4 is 41.6 Å². The Kier molecular flexibility index (Phi) is 4.82. The molecule has 0 aromatic carbocycles. The van der Waals surface area contributed by atoms with E-state index in [0.29, 0.717) is 11.3 Å². The number of carbonyl (C=O) groups excluding carboxylic acids is 1. The van der Waals surface area contributed by atoms with Gasteiger partial charge in [-0.15, -0.1) is 24.0 Å². The van der Waals surface area contributed by atoms with Crippen molar-refractivity contribution in [1.29, 1.82) is 0 Å². The van der Waals surface area contributed by atoms with E-state index in [1.807, 2.05) is 23.2 Å². The number of nitrogens with one attached hydrogen (secondary N) is 1. The normalized spacial score (nSPS) is 23.9. The molecule has 1 heterocycles. The van der Waals surface area contributed by atoms with Gasteiger partial charge in [-0.3, -0.25) is 4.79 Å². The summed E-state index contributed by atoms with van der Waals surface area (Å²) < 4.78 is 0. The summed E-state index contributed by atoms with van der Waals surface area (Å²) in [6, 6.07) is 2.18. The number of thiophene rings is 1. The molecule has 0 bridgehead atoms. The molecule has 94 valence electrons. The average Bonchev–Trinajstić information content (AvgIpc) is 2.89. The molecule has 2 nitrogen and oxygen atoms in total. The van der Waals surface area contributed by atoms with Crippen LogP contribution in [0, 0.1) is 0 Å². The van der Waals surface area contributed by atoms with Crippen molar-refractivity contribution in [2.24, 2.45) is 0 Å². The molecule has 1 saturated carbocycles. The number of hydrogen-bond acceptors (Lipinski definition) is 4. The number of amides is 1. The number of rotatable bonds is 4. The van der Waals surface area contributed by atoms with Gasteiger partial charge in [0.05, 0.1) is 4.88 Å². The maximum Gasteiger partial charge on any atom is 0.261 e. The Morgan fingerprint density at radius 2 is 2.47 bits per heavy atom. The topological polar surface area (TPSA) is 29.1 Å². The van der Waals surface area contributed by atoms with Crippen molar-refractivity contribution in [3.63, 3.8) is 0 Å². The first-order valence-corrected chi connectivity index (χ1v) is 8.28. The van der Waals surface area contributed by atoms with Crippen LogP contribution < -0.4 is 5.32 Å². The molecule has 0 radical (unpaired) electrons. The van der Waals surface area contributed by atoms with E-state index in [1.165, 1.54) is 24.2 Å². The third kappa shape index (κ3) is 3.42. The molecule has 0 spiro atoms. The Balaban J connectivity index is 1.94. The molecule has 0 aliphatic heterocycles. The molecule has 1 amide bonds. The summed E-state index contributed by atoms with van der Waals surface area (Å²) in [4.78, 5) is 13.7. The zero-order valence-corrected chi connectivity index (χ0v) is 12.3. The Morgan fingerprint density at radius 1 is 1.65 bits per heavy atom. The van der Waals surface area contributed by atoms with Crippen LogP contribution in [-0.4, -0.2) is 23.0 Å². The fourth-order valence-electron chi connectivity index (χ4n) is 2.19. The molecule has 2 unspecified atom stereocenters. The van der Waals surface area contributed by atoms with E-state index in [2.05, 4.69) is 24.9 Å². The van der Waals surface area contributed by atoms with E-state index < -0.39 is 0 Å². The number of hydrogen-bond donors (Lipinski definition) is 2. The minimum atomic E-state index is 0.0592. The second-order valence-corrected chi connectivity index (χ2v) is 7.12. The van der Waals surface area contributed by atoms with Crippen LogP contribution in [0.5, 0.6) is 0 Å². The third-order valence-electron chi connectivity index (χ3n) is 2.96. The molecule has 2 rings (SSSR count). The zero-order chi connectivity index (χ0) is 12.3. The van der Waals surface area contributed by atoms with Crippen LogP contribution in [0.15, 0.2) is 16.3 Å².